The summed E-state index contributed by atoms with van der Waals surface area (Å²) in [6.45, 7) is 2.80. The van der Waals surface area contributed by atoms with Gasteiger partial charge in [-0.1, -0.05) is 79.8 Å². The Bertz CT molecular complexity index is 512. The third-order valence-corrected chi connectivity index (χ3v) is 3.79. The molecule has 0 saturated carbocycles. The minimum absolute atomic E-state index is 0.101. The van der Waals surface area contributed by atoms with E-state index in [1.165, 1.54) is 0 Å². The van der Waals surface area contributed by atoms with Gasteiger partial charge in [-0.3, -0.25) is 4.79 Å². The minimum Gasteiger partial charge on any atom is -0.355 e. The average Bonchev–Trinajstić information content (AvgIpc) is 2.68. The summed E-state index contributed by atoms with van der Waals surface area (Å²) in [7, 11) is 0. The van der Waals surface area contributed by atoms with Crippen LogP contribution in [0.5, 0.6) is 0 Å². The summed E-state index contributed by atoms with van der Waals surface area (Å²) in [4.78, 5) is 11.4. The maximum absolute atomic E-state index is 11.4. The molecule has 0 aliphatic carbocycles. The Morgan fingerprint density at radius 3 is 1.52 bits per heavy atom. The second-order valence-electron chi connectivity index (χ2n) is 6.03. The summed E-state index contributed by atoms with van der Waals surface area (Å²) < 4.78 is 0. The average molecular weight is 388 g/mol. The summed E-state index contributed by atoms with van der Waals surface area (Å²) in [6.07, 6.45) is 33.6. The molecule has 0 fully saturated rings. The molecule has 150 valence electrons. The first-order valence-electron chi connectivity index (χ1n) is 10.1. The van der Waals surface area contributed by atoms with Gasteiger partial charge in [0.2, 0.25) is 5.91 Å². The number of carbonyl (C=O) groups excluding carboxylic acids is 1. The van der Waals surface area contributed by atoms with Gasteiger partial charge in [-0.2, -0.15) is 12.6 Å². The number of rotatable bonds is 16. The summed E-state index contributed by atoms with van der Waals surface area (Å²) >= 11 is 4.06. The van der Waals surface area contributed by atoms with Crippen LogP contribution in [-0.4, -0.2) is 18.2 Å². The molecule has 0 saturated heterocycles. The molecule has 0 unspecified atom stereocenters. The van der Waals surface area contributed by atoms with Crippen LogP contribution in [0.1, 0.15) is 58.3 Å². The Balaban J connectivity index is 3.54. The van der Waals surface area contributed by atoms with E-state index in [9.17, 15) is 4.79 Å². The summed E-state index contributed by atoms with van der Waals surface area (Å²) in [5.74, 6) is 0.787. The van der Waals surface area contributed by atoms with Crippen molar-refractivity contribution in [2.24, 2.45) is 0 Å². The summed E-state index contributed by atoms with van der Waals surface area (Å²) in [6, 6.07) is 0. The highest BCUT2D eigenvalue weighted by Gasteiger charge is 1.96. The van der Waals surface area contributed by atoms with Crippen molar-refractivity contribution < 1.29 is 4.79 Å². The molecule has 0 heterocycles. The Kier molecular flexibility index (Phi) is 20.9. The van der Waals surface area contributed by atoms with Crippen LogP contribution >= 0.6 is 12.6 Å². The van der Waals surface area contributed by atoms with Crippen molar-refractivity contribution in [1.29, 1.82) is 0 Å². The zero-order valence-electron chi connectivity index (χ0n) is 16.9. The largest absolute Gasteiger partial charge is 0.355 e. The highest BCUT2D eigenvalue weighted by Crippen LogP contribution is 1.97. The highest BCUT2D eigenvalue weighted by molar-refractivity contribution is 7.80. The van der Waals surface area contributed by atoms with Crippen molar-refractivity contribution in [2.75, 3.05) is 12.3 Å². The molecule has 0 spiro atoms. The molecule has 0 bridgehead atoms. The second-order valence-corrected chi connectivity index (χ2v) is 6.47. The smallest absolute Gasteiger partial charge is 0.220 e. The molecular formula is C24H37NOS. The lowest BCUT2D eigenvalue weighted by atomic mass is 10.2. The molecule has 0 aromatic rings. The van der Waals surface area contributed by atoms with E-state index in [1.807, 2.05) is 0 Å². The van der Waals surface area contributed by atoms with Gasteiger partial charge in [-0.25, -0.2) is 0 Å². The monoisotopic (exact) mass is 387 g/mol. The van der Waals surface area contributed by atoms with Gasteiger partial charge in [0.05, 0.1) is 0 Å². The summed E-state index contributed by atoms with van der Waals surface area (Å²) in [5, 5.41) is 2.81. The first-order chi connectivity index (χ1) is 13.3. The van der Waals surface area contributed by atoms with Gasteiger partial charge in [0, 0.05) is 18.7 Å². The second kappa shape index (κ2) is 22.3. The fourth-order valence-electron chi connectivity index (χ4n) is 2.14. The molecule has 3 heteroatoms. The van der Waals surface area contributed by atoms with E-state index < -0.39 is 0 Å². The van der Waals surface area contributed by atoms with Crippen LogP contribution in [0, 0.1) is 0 Å². The van der Waals surface area contributed by atoms with Gasteiger partial charge >= 0.3 is 0 Å². The van der Waals surface area contributed by atoms with Crippen LogP contribution in [0.25, 0.3) is 0 Å². The zero-order valence-corrected chi connectivity index (χ0v) is 17.7. The lowest BCUT2D eigenvalue weighted by Crippen LogP contribution is -2.24. The predicted molar refractivity (Wildman–Crippen MR) is 124 cm³/mol. The van der Waals surface area contributed by atoms with E-state index in [1.54, 1.807) is 0 Å². The first kappa shape index (κ1) is 25.3. The number of nitrogens with one attached hydrogen (secondary N) is 1. The number of hydrogen-bond acceptors (Lipinski definition) is 2. The van der Waals surface area contributed by atoms with Crippen LogP contribution in [0.4, 0.5) is 0 Å². The van der Waals surface area contributed by atoms with Crippen LogP contribution < -0.4 is 5.32 Å². The standard InChI is InChI=1S/C24H37NOS/c1-2-3-4-5-6-7-8-9-10-11-12-13-14-15-16-17-18-19-20-21-24(26)25-22-23-27/h3-4,6-7,9-10,12-13,15-16,18-19,27H,2,5,8,11,14,17,20-23H2,1H3,(H,25,26). The van der Waals surface area contributed by atoms with E-state index in [0.29, 0.717) is 18.7 Å². The Hall–Kier alpha value is -1.74. The molecule has 0 aliphatic rings. The third-order valence-electron chi connectivity index (χ3n) is 3.57. The van der Waals surface area contributed by atoms with Crippen LogP contribution in [0.2, 0.25) is 0 Å². The van der Waals surface area contributed by atoms with Crippen molar-refractivity contribution in [2.45, 2.75) is 58.3 Å². The van der Waals surface area contributed by atoms with Gasteiger partial charge < -0.3 is 5.32 Å². The number of allylic oxidation sites excluding steroid dienone is 12. The van der Waals surface area contributed by atoms with Crippen molar-refractivity contribution >= 4 is 18.5 Å². The Morgan fingerprint density at radius 1 is 0.704 bits per heavy atom. The van der Waals surface area contributed by atoms with Crippen LogP contribution in [-0.2, 0) is 4.79 Å². The van der Waals surface area contributed by atoms with E-state index in [2.05, 4.69) is 97.8 Å². The lowest BCUT2D eigenvalue weighted by molar-refractivity contribution is -0.120. The number of hydrogen-bond donors (Lipinski definition) is 2. The fourth-order valence-corrected chi connectivity index (χ4v) is 2.25. The van der Waals surface area contributed by atoms with Gasteiger partial charge in [-0.05, 0) is 44.9 Å². The third kappa shape index (κ3) is 22.2. The fraction of sp³-hybridized carbons (Fsp3) is 0.458. The highest BCUT2D eigenvalue weighted by atomic mass is 32.1. The molecule has 0 radical (unpaired) electrons. The maximum atomic E-state index is 11.4. The SMILES string of the molecule is CCC=CCC=CCC=CCC=CCC=CCC=CCCC(=O)NCCS. The lowest BCUT2D eigenvalue weighted by Gasteiger charge is -1.99. The number of carbonyl (C=O) groups is 1. The Labute approximate surface area is 172 Å². The van der Waals surface area contributed by atoms with E-state index in [4.69, 9.17) is 0 Å². The molecular weight excluding hydrogens is 350 g/mol. The van der Waals surface area contributed by atoms with Crippen molar-refractivity contribution in [3.63, 3.8) is 0 Å². The predicted octanol–water partition coefficient (Wildman–Crippen LogP) is 6.51. The van der Waals surface area contributed by atoms with Gasteiger partial charge in [-0.15, -0.1) is 0 Å². The molecule has 0 atom stereocenters. The number of amides is 1. The molecule has 0 aromatic carbocycles. The van der Waals surface area contributed by atoms with Gasteiger partial charge in [0.15, 0.2) is 0 Å². The van der Waals surface area contributed by atoms with Crippen LogP contribution in [0.15, 0.2) is 72.9 Å². The van der Waals surface area contributed by atoms with E-state index in [0.717, 1.165) is 44.9 Å². The normalized spacial score (nSPS) is 12.8. The Morgan fingerprint density at radius 2 is 1.11 bits per heavy atom. The minimum atomic E-state index is 0.101. The molecule has 1 amide bonds. The van der Waals surface area contributed by atoms with Crippen molar-refractivity contribution in [1.82, 2.24) is 5.32 Å². The van der Waals surface area contributed by atoms with E-state index >= 15 is 0 Å². The topological polar surface area (TPSA) is 29.1 Å². The molecule has 0 aliphatic heterocycles. The molecule has 0 aromatic heterocycles. The first-order valence-corrected chi connectivity index (χ1v) is 10.7. The van der Waals surface area contributed by atoms with E-state index in [-0.39, 0.29) is 5.91 Å². The molecule has 1 N–H and O–H groups in total. The van der Waals surface area contributed by atoms with Crippen LogP contribution in [0.3, 0.4) is 0 Å². The summed E-state index contributed by atoms with van der Waals surface area (Å²) in [5.41, 5.74) is 0. The molecule has 2 nitrogen and oxygen atoms in total. The van der Waals surface area contributed by atoms with Gasteiger partial charge in [0.1, 0.15) is 0 Å². The molecule has 0 rings (SSSR count). The quantitative estimate of drug-likeness (QED) is 0.229. The molecule has 27 heavy (non-hydrogen) atoms. The van der Waals surface area contributed by atoms with Crippen molar-refractivity contribution in [3.8, 4) is 0 Å². The maximum Gasteiger partial charge on any atom is 0.220 e. The zero-order chi connectivity index (χ0) is 19.8. The van der Waals surface area contributed by atoms with Crippen molar-refractivity contribution in [3.05, 3.63) is 72.9 Å². The number of thiol groups is 1. The van der Waals surface area contributed by atoms with Gasteiger partial charge in [0.25, 0.3) is 0 Å².